The Morgan fingerprint density at radius 2 is 1.62 bits per heavy atom. The number of para-hydroxylation sites is 1. The van der Waals surface area contributed by atoms with E-state index in [9.17, 15) is 24.3 Å². The monoisotopic (exact) mass is 1010 g/mol. The SMILES string of the molecule is CC(=O)N[C@H](C(=O)N1C[C@H](O)C[C@H]1C(=O)CCc1ccc(-c2scnc2C)cc1OCCOCCOc1ccc(C2=NC(CC(=O)Nc3ccccc3)c3nnc(C)n3-c3sc(C)c(C)c32)cc1)C(C)(C)C. The summed E-state index contributed by atoms with van der Waals surface area (Å²) in [6.07, 6.45) is -0.165. The van der Waals surface area contributed by atoms with Crippen LogP contribution in [0.1, 0.15) is 97.5 Å². The molecule has 18 heteroatoms. The van der Waals surface area contributed by atoms with Gasteiger partial charge in [0, 0.05) is 48.0 Å². The van der Waals surface area contributed by atoms with Gasteiger partial charge in [0.25, 0.3) is 0 Å². The van der Waals surface area contributed by atoms with Crippen LogP contribution in [-0.4, -0.2) is 110 Å². The summed E-state index contributed by atoms with van der Waals surface area (Å²) in [6, 6.07) is 20.8. The first-order valence-electron chi connectivity index (χ1n) is 24.2. The predicted molar refractivity (Wildman–Crippen MR) is 279 cm³/mol. The molecule has 6 aromatic rings. The number of ketones is 1. The number of likely N-dealkylation sites (tertiary alicyclic amines) is 1. The van der Waals surface area contributed by atoms with E-state index in [-0.39, 0.29) is 62.5 Å². The van der Waals surface area contributed by atoms with Crippen molar-refractivity contribution in [3.05, 3.63) is 123 Å². The van der Waals surface area contributed by atoms with E-state index in [1.54, 1.807) is 16.8 Å². The fourth-order valence-corrected chi connectivity index (χ4v) is 11.1. The molecular weight excluding hydrogens is 953 g/mol. The van der Waals surface area contributed by atoms with Crippen molar-refractivity contribution in [2.75, 3.05) is 38.3 Å². The predicted octanol–water partition coefficient (Wildman–Crippen LogP) is 8.10. The maximum absolute atomic E-state index is 13.8. The number of benzene rings is 3. The van der Waals surface area contributed by atoms with Crippen LogP contribution in [0.5, 0.6) is 11.5 Å². The Balaban J connectivity index is 0.884. The summed E-state index contributed by atoms with van der Waals surface area (Å²) in [5.74, 6) is 1.54. The molecule has 0 radical (unpaired) electrons. The molecule has 3 aromatic carbocycles. The number of carbonyl (C=O) groups excluding carboxylic acids is 4. The fraction of sp³-hybridized carbons (Fsp3) is 0.407. The number of fused-ring (bicyclic) bond motifs is 3. The maximum atomic E-state index is 13.8. The summed E-state index contributed by atoms with van der Waals surface area (Å²) in [4.78, 5) is 66.4. The maximum Gasteiger partial charge on any atom is 0.246 e. The molecule has 2 aliphatic heterocycles. The number of hydrogen-bond acceptors (Lipinski definition) is 14. The number of carbonyl (C=O) groups is 4. The van der Waals surface area contributed by atoms with E-state index < -0.39 is 29.6 Å². The standard InChI is InChI=1S/C54H62N8O8S2/c1-31-33(3)72-53-47(31)48(58-42(51-60-59-34(4)62(51)53)28-46(66)57-39-12-10-9-11-13-39)37-16-19-41(20-17-37)69-24-22-68-23-25-70-45-26-38(49-32(2)55-30-71-49)15-14-36(45)18-21-44(65)43-27-40(64)29-61(43)52(67)50(54(6,7)8)56-35(5)63/h9-17,19-20,26,30,40,42-43,50,64H,18,21-25,27-29H2,1-8H3,(H,56,63)(H,57,66)/t40-,42?,43+,50-/m1/s1. The van der Waals surface area contributed by atoms with Gasteiger partial charge in [-0.1, -0.05) is 51.1 Å². The van der Waals surface area contributed by atoms with Crippen LogP contribution in [0.3, 0.4) is 0 Å². The number of nitrogens with zero attached hydrogens (tertiary/aromatic N) is 6. The number of thiophene rings is 1. The van der Waals surface area contributed by atoms with Crippen molar-refractivity contribution in [1.29, 1.82) is 0 Å². The lowest BCUT2D eigenvalue weighted by Gasteiger charge is -2.35. The highest BCUT2D eigenvalue weighted by Crippen LogP contribution is 2.40. The number of nitrogens with one attached hydrogen (secondary N) is 2. The summed E-state index contributed by atoms with van der Waals surface area (Å²) in [7, 11) is 0. The molecule has 16 nitrogen and oxygen atoms in total. The van der Waals surface area contributed by atoms with Gasteiger partial charge in [-0.3, -0.25) is 28.7 Å². The summed E-state index contributed by atoms with van der Waals surface area (Å²) in [6.45, 7) is 16.1. The first-order chi connectivity index (χ1) is 34.5. The van der Waals surface area contributed by atoms with Crippen LogP contribution in [0.25, 0.3) is 15.4 Å². The Labute approximate surface area is 427 Å². The molecule has 5 heterocycles. The van der Waals surface area contributed by atoms with E-state index in [1.165, 1.54) is 23.2 Å². The van der Waals surface area contributed by atoms with Gasteiger partial charge in [0.2, 0.25) is 17.7 Å². The van der Waals surface area contributed by atoms with Crippen molar-refractivity contribution < 1.29 is 38.5 Å². The molecule has 378 valence electrons. The number of aliphatic hydroxyl groups is 1. The number of aryl methyl sites for hydroxylation is 4. The van der Waals surface area contributed by atoms with Gasteiger partial charge >= 0.3 is 0 Å². The van der Waals surface area contributed by atoms with Crippen molar-refractivity contribution in [2.45, 2.75) is 105 Å². The zero-order chi connectivity index (χ0) is 51.3. The van der Waals surface area contributed by atoms with Crippen LogP contribution in [-0.2, 0) is 30.3 Å². The van der Waals surface area contributed by atoms with Crippen molar-refractivity contribution in [1.82, 2.24) is 30.0 Å². The average Bonchev–Trinajstić information content (AvgIpc) is 4.11. The highest BCUT2D eigenvalue weighted by atomic mass is 32.1. The minimum atomic E-state index is -0.852. The van der Waals surface area contributed by atoms with E-state index >= 15 is 0 Å². The van der Waals surface area contributed by atoms with Gasteiger partial charge in [-0.25, -0.2) is 4.98 Å². The molecule has 0 bridgehead atoms. The second-order valence-corrected chi connectivity index (χ2v) is 21.4. The van der Waals surface area contributed by atoms with Crippen molar-refractivity contribution >= 4 is 57.6 Å². The number of β-amino-alcohol motifs (C(OH)–C–C–N with tert-alkyl or cyclic N) is 1. The minimum Gasteiger partial charge on any atom is -0.491 e. The van der Waals surface area contributed by atoms with Crippen LogP contribution in [0, 0.1) is 33.1 Å². The lowest BCUT2D eigenvalue weighted by atomic mass is 9.85. The molecule has 0 aliphatic carbocycles. The molecule has 72 heavy (non-hydrogen) atoms. The quantitative estimate of drug-likeness (QED) is 0.0663. The normalized spacial score (nSPS) is 16.8. The molecule has 4 atom stereocenters. The topological polar surface area (TPSA) is 199 Å². The third-order valence-corrected chi connectivity index (χ3v) is 15.1. The van der Waals surface area contributed by atoms with Gasteiger partial charge in [-0.05, 0) is 98.7 Å². The van der Waals surface area contributed by atoms with Gasteiger partial charge in [0.05, 0.1) is 53.6 Å². The highest BCUT2D eigenvalue weighted by molar-refractivity contribution is 7.15. The number of aliphatic hydroxyl groups excluding tert-OH is 1. The first-order valence-corrected chi connectivity index (χ1v) is 25.9. The van der Waals surface area contributed by atoms with Crippen LogP contribution >= 0.6 is 22.7 Å². The largest absolute Gasteiger partial charge is 0.491 e. The molecule has 3 N–H and O–H groups in total. The summed E-state index contributed by atoms with van der Waals surface area (Å²) in [5.41, 5.74) is 8.31. The lowest BCUT2D eigenvalue weighted by molar-refractivity contribution is -0.143. The number of Topliss-reactive ketones (excluding diaryl/α,β-unsaturated/α-hetero) is 1. The summed E-state index contributed by atoms with van der Waals surface area (Å²) in [5, 5.41) is 26.3. The molecule has 1 unspecified atom stereocenters. The number of ether oxygens (including phenoxy) is 3. The van der Waals surface area contributed by atoms with Gasteiger partial charge < -0.3 is 34.9 Å². The zero-order valence-corrected chi connectivity index (χ0v) is 43.6. The number of rotatable bonds is 19. The molecule has 1 fully saturated rings. The molecular formula is C54H62N8O8S2. The molecule has 1 saturated heterocycles. The zero-order valence-electron chi connectivity index (χ0n) is 42.0. The average molecular weight is 1020 g/mol. The van der Waals surface area contributed by atoms with Crippen LogP contribution in [0.2, 0.25) is 0 Å². The number of amides is 3. The van der Waals surface area contributed by atoms with Crippen LogP contribution in [0.4, 0.5) is 5.69 Å². The van der Waals surface area contributed by atoms with E-state index in [0.29, 0.717) is 42.6 Å². The Morgan fingerprint density at radius 1 is 0.903 bits per heavy atom. The van der Waals surface area contributed by atoms with Gasteiger partial charge in [0.15, 0.2) is 11.6 Å². The number of aromatic nitrogens is 4. The fourth-order valence-electron chi connectivity index (χ4n) is 9.09. The van der Waals surface area contributed by atoms with E-state index in [2.05, 4.69) is 39.7 Å². The van der Waals surface area contributed by atoms with Gasteiger partial charge in [-0.15, -0.1) is 32.9 Å². The highest BCUT2D eigenvalue weighted by Gasteiger charge is 2.44. The molecule has 8 rings (SSSR count). The Hall–Kier alpha value is -6.60. The Kier molecular flexibility index (Phi) is 16.1. The first kappa shape index (κ1) is 51.7. The smallest absolute Gasteiger partial charge is 0.246 e. The van der Waals surface area contributed by atoms with Crippen molar-refractivity contribution in [2.24, 2.45) is 10.4 Å². The van der Waals surface area contributed by atoms with E-state index in [1.807, 2.05) is 112 Å². The van der Waals surface area contributed by atoms with Crippen molar-refractivity contribution in [3.63, 3.8) is 0 Å². The van der Waals surface area contributed by atoms with Crippen LogP contribution < -0.4 is 20.1 Å². The van der Waals surface area contributed by atoms with E-state index in [0.717, 1.165) is 59.8 Å². The third-order valence-electron chi connectivity index (χ3n) is 12.9. The second kappa shape index (κ2) is 22.4. The molecule has 3 aromatic heterocycles. The van der Waals surface area contributed by atoms with Gasteiger partial charge in [0.1, 0.15) is 47.6 Å². The molecule has 2 aliphatic rings. The minimum absolute atomic E-state index is 0.0227. The third kappa shape index (κ3) is 11.8. The Bertz CT molecular complexity index is 2960. The number of hydrogen-bond donors (Lipinski definition) is 3. The molecule has 0 spiro atoms. The van der Waals surface area contributed by atoms with Crippen molar-refractivity contribution in [3.8, 4) is 26.9 Å². The summed E-state index contributed by atoms with van der Waals surface area (Å²) >= 11 is 3.19. The number of anilines is 1. The summed E-state index contributed by atoms with van der Waals surface area (Å²) < 4.78 is 20.4. The lowest BCUT2D eigenvalue weighted by Crippen LogP contribution is -2.56. The van der Waals surface area contributed by atoms with Gasteiger partial charge in [-0.2, -0.15) is 0 Å². The molecule has 3 amide bonds. The Morgan fingerprint density at radius 3 is 2.32 bits per heavy atom. The number of aliphatic imine (C=N–C) groups is 1. The molecule has 0 saturated carbocycles. The number of thiazole rings is 1. The second-order valence-electron chi connectivity index (χ2n) is 19.3. The van der Waals surface area contributed by atoms with Crippen LogP contribution in [0.15, 0.2) is 83.3 Å². The van der Waals surface area contributed by atoms with E-state index in [4.69, 9.17) is 19.2 Å².